The van der Waals surface area contributed by atoms with Crippen LogP contribution in [0.15, 0.2) is 53.7 Å². The number of hydrogen-bond acceptors (Lipinski definition) is 3. The van der Waals surface area contributed by atoms with E-state index in [4.69, 9.17) is 4.99 Å². The lowest BCUT2D eigenvalue weighted by molar-refractivity contribution is 0.185. The summed E-state index contributed by atoms with van der Waals surface area (Å²) in [5, 5.41) is 6.75. The van der Waals surface area contributed by atoms with Crippen molar-refractivity contribution in [2.24, 2.45) is 10.9 Å². The number of halogens is 1. The molecule has 2 heterocycles. The largest absolute Gasteiger partial charge is 0.357 e. The van der Waals surface area contributed by atoms with Gasteiger partial charge in [-0.2, -0.15) is 0 Å². The molecular formula is C24H36IN5. The molecule has 1 aliphatic heterocycles. The molecule has 0 aliphatic carbocycles. The number of aromatic nitrogens is 1. The van der Waals surface area contributed by atoms with Crippen LogP contribution in [0.25, 0.3) is 0 Å². The fourth-order valence-corrected chi connectivity index (χ4v) is 3.67. The Morgan fingerprint density at radius 3 is 2.63 bits per heavy atom. The number of hydrogen-bond donors (Lipinski definition) is 2. The maximum absolute atomic E-state index is 4.77. The first-order valence-corrected chi connectivity index (χ1v) is 10.9. The van der Waals surface area contributed by atoms with Crippen LogP contribution in [-0.2, 0) is 19.5 Å². The minimum Gasteiger partial charge on any atom is -0.357 e. The lowest BCUT2D eigenvalue weighted by Gasteiger charge is -2.30. The summed E-state index contributed by atoms with van der Waals surface area (Å²) in [7, 11) is 0. The van der Waals surface area contributed by atoms with Gasteiger partial charge in [0.1, 0.15) is 0 Å². The molecule has 1 aliphatic rings. The Bertz CT molecular complexity index is 757. The molecular weight excluding hydrogens is 485 g/mol. The zero-order valence-corrected chi connectivity index (χ0v) is 20.6. The summed E-state index contributed by atoms with van der Waals surface area (Å²) in [6, 6.07) is 14.9. The highest BCUT2D eigenvalue weighted by Crippen LogP contribution is 2.18. The summed E-state index contributed by atoms with van der Waals surface area (Å²) < 4.78 is 0. The van der Waals surface area contributed by atoms with Crippen molar-refractivity contribution in [3.05, 3.63) is 65.5 Å². The number of aliphatic imine (C=N–C) groups is 1. The van der Waals surface area contributed by atoms with Crippen LogP contribution < -0.4 is 10.6 Å². The van der Waals surface area contributed by atoms with E-state index in [9.17, 15) is 0 Å². The normalized spacial score (nSPS) is 15.5. The van der Waals surface area contributed by atoms with Gasteiger partial charge in [-0.25, -0.2) is 4.99 Å². The zero-order valence-electron chi connectivity index (χ0n) is 18.3. The fourth-order valence-electron chi connectivity index (χ4n) is 3.67. The average Bonchev–Trinajstić information content (AvgIpc) is 2.75. The molecule has 30 heavy (non-hydrogen) atoms. The zero-order chi connectivity index (χ0) is 20.3. The van der Waals surface area contributed by atoms with Crippen LogP contribution in [-0.4, -0.2) is 42.0 Å². The van der Waals surface area contributed by atoms with E-state index in [2.05, 4.69) is 64.7 Å². The summed E-state index contributed by atoms with van der Waals surface area (Å²) in [4.78, 5) is 11.7. The number of rotatable bonds is 8. The lowest BCUT2D eigenvalue weighted by atomic mass is 9.98. The van der Waals surface area contributed by atoms with Crippen LogP contribution in [0.1, 0.15) is 43.5 Å². The maximum atomic E-state index is 4.77. The maximum Gasteiger partial charge on any atom is 0.191 e. The van der Waals surface area contributed by atoms with E-state index in [0.717, 1.165) is 43.6 Å². The molecule has 2 aromatic rings. The number of pyridine rings is 1. The smallest absolute Gasteiger partial charge is 0.191 e. The van der Waals surface area contributed by atoms with Gasteiger partial charge in [0.05, 0.1) is 6.54 Å². The highest BCUT2D eigenvalue weighted by atomic mass is 127. The van der Waals surface area contributed by atoms with Crippen LogP contribution in [0.5, 0.6) is 0 Å². The van der Waals surface area contributed by atoms with Gasteiger partial charge < -0.3 is 10.6 Å². The van der Waals surface area contributed by atoms with Crippen LogP contribution in [0, 0.1) is 5.92 Å². The van der Waals surface area contributed by atoms with Crippen molar-refractivity contribution in [2.45, 2.75) is 46.2 Å². The topological polar surface area (TPSA) is 52.6 Å². The van der Waals surface area contributed by atoms with Gasteiger partial charge in [0.15, 0.2) is 5.96 Å². The molecule has 0 atom stereocenters. The lowest BCUT2D eigenvalue weighted by Crippen LogP contribution is -2.38. The predicted molar refractivity (Wildman–Crippen MR) is 136 cm³/mol. The molecule has 1 saturated heterocycles. The highest BCUT2D eigenvalue weighted by molar-refractivity contribution is 14.0. The van der Waals surface area contributed by atoms with Crippen molar-refractivity contribution in [1.29, 1.82) is 0 Å². The van der Waals surface area contributed by atoms with Gasteiger partial charge in [-0.1, -0.05) is 37.3 Å². The van der Waals surface area contributed by atoms with Crippen molar-refractivity contribution >= 4 is 29.9 Å². The van der Waals surface area contributed by atoms with E-state index in [0.29, 0.717) is 6.54 Å². The van der Waals surface area contributed by atoms with E-state index in [-0.39, 0.29) is 24.0 Å². The molecule has 0 spiro atoms. The number of nitrogens with zero attached hydrogens (tertiary/aromatic N) is 3. The van der Waals surface area contributed by atoms with Crippen LogP contribution in [0.2, 0.25) is 0 Å². The van der Waals surface area contributed by atoms with E-state index in [1.165, 1.54) is 37.1 Å². The Morgan fingerprint density at radius 1 is 1.10 bits per heavy atom. The van der Waals surface area contributed by atoms with Crippen LogP contribution in [0.4, 0.5) is 0 Å². The van der Waals surface area contributed by atoms with Crippen molar-refractivity contribution < 1.29 is 0 Å². The first-order chi connectivity index (χ1) is 14.2. The Hall–Kier alpha value is -1.67. The molecule has 0 unspecified atom stereocenters. The van der Waals surface area contributed by atoms with Gasteiger partial charge in [-0.05, 0) is 62.0 Å². The summed E-state index contributed by atoms with van der Waals surface area (Å²) in [5.41, 5.74) is 3.74. The number of guanidine groups is 1. The third-order valence-corrected chi connectivity index (χ3v) is 5.44. The third kappa shape index (κ3) is 8.60. The molecule has 3 rings (SSSR count). The minimum atomic E-state index is 0. The first-order valence-electron chi connectivity index (χ1n) is 10.9. The summed E-state index contributed by atoms with van der Waals surface area (Å²) in [6.07, 6.45) is 5.36. The standard InChI is InChI=1S/C24H35N5.HI/c1-3-25-24(27-14-10-23-9-4-5-13-26-23)28-18-21-7-6-8-22(17-21)19-29-15-11-20(2)12-16-29;/h4-9,13,17,20H,3,10-12,14-16,18-19H2,1-2H3,(H2,25,27,28);1H. The average molecular weight is 521 g/mol. The quantitative estimate of drug-likeness (QED) is 0.310. The molecule has 5 nitrogen and oxygen atoms in total. The van der Waals surface area contributed by atoms with E-state index >= 15 is 0 Å². The van der Waals surface area contributed by atoms with Crippen molar-refractivity contribution in [2.75, 3.05) is 26.2 Å². The molecule has 0 amide bonds. The number of benzene rings is 1. The van der Waals surface area contributed by atoms with Gasteiger partial charge in [0.25, 0.3) is 0 Å². The Labute approximate surface area is 198 Å². The van der Waals surface area contributed by atoms with E-state index in [1.807, 2.05) is 18.3 Å². The SMILES string of the molecule is CCNC(=NCc1cccc(CN2CCC(C)CC2)c1)NCCc1ccccn1.I. The summed E-state index contributed by atoms with van der Waals surface area (Å²) >= 11 is 0. The van der Waals surface area contributed by atoms with E-state index in [1.54, 1.807) is 0 Å². The molecule has 0 radical (unpaired) electrons. The summed E-state index contributed by atoms with van der Waals surface area (Å²) in [5.74, 6) is 1.74. The molecule has 0 saturated carbocycles. The third-order valence-electron chi connectivity index (χ3n) is 5.44. The van der Waals surface area contributed by atoms with Gasteiger partial charge in [0, 0.05) is 37.9 Å². The second kappa shape index (κ2) is 13.6. The number of nitrogens with one attached hydrogen (secondary N) is 2. The van der Waals surface area contributed by atoms with E-state index < -0.39 is 0 Å². The Kier molecular flexibility index (Phi) is 11.1. The Morgan fingerprint density at radius 2 is 1.90 bits per heavy atom. The fraction of sp³-hybridized carbons (Fsp3) is 0.500. The number of piperidine rings is 1. The predicted octanol–water partition coefficient (Wildman–Crippen LogP) is 4.23. The van der Waals surface area contributed by atoms with Crippen LogP contribution in [0.3, 0.4) is 0 Å². The second-order valence-corrected chi connectivity index (χ2v) is 7.97. The molecule has 6 heteroatoms. The highest BCUT2D eigenvalue weighted by Gasteiger charge is 2.15. The van der Waals surface area contributed by atoms with Crippen LogP contribution >= 0.6 is 24.0 Å². The van der Waals surface area contributed by atoms with Gasteiger partial charge in [-0.15, -0.1) is 24.0 Å². The molecule has 0 bridgehead atoms. The van der Waals surface area contributed by atoms with Crippen molar-refractivity contribution in [1.82, 2.24) is 20.5 Å². The van der Waals surface area contributed by atoms with Gasteiger partial charge >= 0.3 is 0 Å². The molecule has 2 N–H and O–H groups in total. The first kappa shape index (κ1) is 24.6. The minimum absolute atomic E-state index is 0. The monoisotopic (exact) mass is 521 g/mol. The molecule has 1 aromatic carbocycles. The summed E-state index contributed by atoms with van der Waals surface area (Å²) in [6.45, 7) is 10.3. The van der Waals surface area contributed by atoms with Gasteiger partial charge in [0.2, 0.25) is 0 Å². The van der Waals surface area contributed by atoms with Crippen molar-refractivity contribution in [3.8, 4) is 0 Å². The van der Waals surface area contributed by atoms with Crippen molar-refractivity contribution in [3.63, 3.8) is 0 Å². The molecule has 1 aromatic heterocycles. The Balaban J connectivity index is 0.00000320. The molecule has 164 valence electrons. The second-order valence-electron chi connectivity index (χ2n) is 7.97. The number of likely N-dealkylation sites (tertiary alicyclic amines) is 1. The van der Waals surface area contributed by atoms with Gasteiger partial charge in [-0.3, -0.25) is 9.88 Å². The molecule has 1 fully saturated rings.